The van der Waals surface area contributed by atoms with Crippen LogP contribution in [0.15, 0.2) is 0 Å². The SMILES string of the molecule is C[C@H](N)C(=O)N[C@@H](CO)CCC(=O)N[C@@H](CCCC[NH3+])C(=O)N[C@H](C)C(=O)N[C@H](C)C(=O)O. The van der Waals surface area contributed by atoms with Gasteiger partial charge in [-0.1, -0.05) is 0 Å². The van der Waals surface area contributed by atoms with E-state index in [1.807, 2.05) is 0 Å². The molecule has 0 aliphatic rings. The van der Waals surface area contributed by atoms with Gasteiger partial charge in [-0.3, -0.25) is 24.0 Å². The summed E-state index contributed by atoms with van der Waals surface area (Å²) in [6.45, 7) is 4.48. The van der Waals surface area contributed by atoms with E-state index in [4.69, 9.17) is 10.8 Å². The number of hydrogen-bond donors (Lipinski definition) is 8. The maximum absolute atomic E-state index is 12.7. The van der Waals surface area contributed by atoms with Gasteiger partial charge in [0, 0.05) is 6.42 Å². The molecule has 0 spiro atoms. The summed E-state index contributed by atoms with van der Waals surface area (Å²) in [5.74, 6) is -3.38. The van der Waals surface area contributed by atoms with E-state index in [-0.39, 0.29) is 19.4 Å². The fourth-order valence-electron chi connectivity index (χ4n) is 2.69. The average molecular weight is 476 g/mol. The van der Waals surface area contributed by atoms with Crippen LogP contribution in [0, 0.1) is 0 Å². The number of carbonyl (C=O) groups is 5. The van der Waals surface area contributed by atoms with E-state index in [1.54, 1.807) is 0 Å². The number of aliphatic hydroxyl groups excluding tert-OH is 1. The summed E-state index contributed by atoms with van der Waals surface area (Å²) in [7, 11) is 0. The third-order valence-electron chi connectivity index (χ3n) is 4.83. The largest absolute Gasteiger partial charge is 0.480 e. The first-order valence-electron chi connectivity index (χ1n) is 11.0. The molecule has 11 N–H and O–H groups in total. The first-order chi connectivity index (χ1) is 15.4. The molecule has 4 amide bonds. The average Bonchev–Trinajstić information content (AvgIpc) is 2.75. The van der Waals surface area contributed by atoms with Gasteiger partial charge in [0.15, 0.2) is 0 Å². The smallest absolute Gasteiger partial charge is 0.325 e. The molecule has 0 aliphatic heterocycles. The van der Waals surface area contributed by atoms with Crippen LogP contribution in [-0.4, -0.2) is 83.2 Å². The van der Waals surface area contributed by atoms with Crippen molar-refractivity contribution in [3.05, 3.63) is 0 Å². The summed E-state index contributed by atoms with van der Waals surface area (Å²) in [5, 5.41) is 28.2. The second-order valence-corrected chi connectivity index (χ2v) is 7.98. The maximum Gasteiger partial charge on any atom is 0.325 e. The summed E-state index contributed by atoms with van der Waals surface area (Å²) in [6, 6.07) is -4.47. The molecule has 0 bridgehead atoms. The zero-order valence-corrected chi connectivity index (χ0v) is 19.6. The molecule has 0 heterocycles. The number of nitrogens with two attached hydrogens (primary N) is 1. The molecule has 0 aromatic heterocycles. The van der Waals surface area contributed by atoms with E-state index in [9.17, 15) is 29.1 Å². The number of hydrogen-bond acceptors (Lipinski definition) is 7. The van der Waals surface area contributed by atoms with Crippen LogP contribution in [0.3, 0.4) is 0 Å². The molecule has 0 radical (unpaired) electrons. The molecule has 0 aromatic rings. The number of nitrogens with one attached hydrogen (secondary N) is 4. The van der Waals surface area contributed by atoms with Crippen molar-refractivity contribution < 1.29 is 39.9 Å². The number of carboxylic acids is 1. The summed E-state index contributed by atoms with van der Waals surface area (Å²) in [6.07, 6.45) is 1.75. The van der Waals surface area contributed by atoms with Crippen molar-refractivity contribution in [3.8, 4) is 0 Å². The monoisotopic (exact) mass is 475 g/mol. The maximum atomic E-state index is 12.7. The third kappa shape index (κ3) is 12.7. The highest BCUT2D eigenvalue weighted by molar-refractivity contribution is 5.93. The van der Waals surface area contributed by atoms with Crippen LogP contribution in [0.25, 0.3) is 0 Å². The van der Waals surface area contributed by atoms with Gasteiger partial charge < -0.3 is 42.9 Å². The summed E-state index contributed by atoms with van der Waals surface area (Å²) in [5.41, 5.74) is 9.21. The molecular weight excluding hydrogens is 436 g/mol. The predicted octanol–water partition coefficient (Wildman–Crippen LogP) is -3.42. The molecule has 190 valence electrons. The Kier molecular flexibility index (Phi) is 14.6. The molecule has 5 atom stereocenters. The fraction of sp³-hybridized carbons (Fsp3) is 0.750. The van der Waals surface area contributed by atoms with E-state index in [0.29, 0.717) is 19.4 Å². The van der Waals surface area contributed by atoms with E-state index in [0.717, 1.165) is 6.42 Å². The van der Waals surface area contributed by atoms with Crippen LogP contribution in [0.5, 0.6) is 0 Å². The lowest BCUT2D eigenvalue weighted by Crippen LogP contribution is -2.54. The molecule has 13 heteroatoms. The number of aliphatic hydroxyl groups is 1. The molecule has 0 aliphatic carbocycles. The Bertz CT molecular complexity index is 673. The Balaban J connectivity index is 4.93. The lowest BCUT2D eigenvalue weighted by atomic mass is 10.1. The molecule has 33 heavy (non-hydrogen) atoms. The van der Waals surface area contributed by atoms with Crippen molar-refractivity contribution in [1.82, 2.24) is 21.3 Å². The third-order valence-corrected chi connectivity index (χ3v) is 4.83. The van der Waals surface area contributed by atoms with Gasteiger partial charge in [0.2, 0.25) is 23.6 Å². The zero-order chi connectivity index (χ0) is 25.6. The van der Waals surface area contributed by atoms with Gasteiger partial charge in [0.05, 0.1) is 25.2 Å². The minimum absolute atomic E-state index is 0.0598. The van der Waals surface area contributed by atoms with Crippen molar-refractivity contribution in [3.63, 3.8) is 0 Å². The lowest BCUT2D eigenvalue weighted by Gasteiger charge is -2.22. The molecule has 0 saturated carbocycles. The van der Waals surface area contributed by atoms with Crippen LogP contribution in [0.1, 0.15) is 52.9 Å². The van der Waals surface area contributed by atoms with E-state index >= 15 is 0 Å². The van der Waals surface area contributed by atoms with Crippen molar-refractivity contribution >= 4 is 29.6 Å². The van der Waals surface area contributed by atoms with Crippen LogP contribution < -0.4 is 32.7 Å². The number of rotatable bonds is 16. The van der Waals surface area contributed by atoms with Crippen LogP contribution >= 0.6 is 0 Å². The molecule has 0 fully saturated rings. The van der Waals surface area contributed by atoms with E-state index in [1.165, 1.54) is 20.8 Å². The van der Waals surface area contributed by atoms with Gasteiger partial charge >= 0.3 is 5.97 Å². The van der Waals surface area contributed by atoms with Gasteiger partial charge in [0.25, 0.3) is 0 Å². The molecule has 0 unspecified atom stereocenters. The topological polar surface area (TPSA) is 228 Å². The first-order valence-corrected chi connectivity index (χ1v) is 11.0. The normalized spacial score (nSPS) is 15.3. The molecule has 13 nitrogen and oxygen atoms in total. The zero-order valence-electron chi connectivity index (χ0n) is 19.6. The van der Waals surface area contributed by atoms with Gasteiger partial charge in [0.1, 0.15) is 18.1 Å². The van der Waals surface area contributed by atoms with Gasteiger partial charge in [-0.2, -0.15) is 0 Å². The summed E-state index contributed by atoms with van der Waals surface area (Å²) >= 11 is 0. The molecular formula is C20H39N6O7+. The Morgan fingerprint density at radius 3 is 1.97 bits per heavy atom. The minimum Gasteiger partial charge on any atom is -0.480 e. The lowest BCUT2D eigenvalue weighted by molar-refractivity contribution is -0.368. The van der Waals surface area contributed by atoms with Crippen LogP contribution in [0.2, 0.25) is 0 Å². The highest BCUT2D eigenvalue weighted by atomic mass is 16.4. The molecule has 0 aromatic carbocycles. The van der Waals surface area contributed by atoms with Crippen molar-refractivity contribution in [1.29, 1.82) is 0 Å². The number of amides is 4. The summed E-state index contributed by atoms with van der Waals surface area (Å²) in [4.78, 5) is 59.7. The molecule has 0 saturated heterocycles. The van der Waals surface area contributed by atoms with Crippen molar-refractivity contribution in [2.24, 2.45) is 5.73 Å². The van der Waals surface area contributed by atoms with Crippen molar-refractivity contribution in [2.75, 3.05) is 13.2 Å². The number of carbonyl (C=O) groups excluding carboxylic acids is 4. The number of quaternary nitrogens is 1. The van der Waals surface area contributed by atoms with Gasteiger partial charge in [-0.15, -0.1) is 0 Å². The van der Waals surface area contributed by atoms with Crippen LogP contribution in [0.4, 0.5) is 0 Å². The van der Waals surface area contributed by atoms with Crippen molar-refractivity contribution in [2.45, 2.75) is 83.1 Å². The Morgan fingerprint density at radius 2 is 1.45 bits per heavy atom. The van der Waals surface area contributed by atoms with E-state index < -0.39 is 59.8 Å². The van der Waals surface area contributed by atoms with E-state index in [2.05, 4.69) is 27.0 Å². The predicted molar refractivity (Wildman–Crippen MR) is 118 cm³/mol. The summed E-state index contributed by atoms with van der Waals surface area (Å²) < 4.78 is 0. The Morgan fingerprint density at radius 1 is 0.848 bits per heavy atom. The second-order valence-electron chi connectivity index (χ2n) is 7.98. The number of aliphatic carboxylic acids is 1. The highest BCUT2D eigenvalue weighted by Gasteiger charge is 2.26. The standard InChI is InChI=1S/C20H38N6O7/c1-11(22)17(29)25-14(10-27)7-8-16(28)26-15(6-4-5-9-21)19(31)23-12(2)18(30)24-13(3)20(32)33/h11-15,27H,4-10,21-22H2,1-3H3,(H,23,31)(H,24,30)(H,25,29)(H,26,28)(H,32,33)/p+1/t11-,12+,13+,14+,15-/m0/s1. The quantitative estimate of drug-likeness (QED) is 0.105. The Hall–Kier alpha value is -2.77. The van der Waals surface area contributed by atoms with Gasteiger partial charge in [-0.25, -0.2) is 0 Å². The van der Waals surface area contributed by atoms with Gasteiger partial charge in [-0.05, 0) is 46.5 Å². The number of carboxylic acid groups (broad SMARTS) is 1. The Labute approximate surface area is 193 Å². The molecule has 0 rings (SSSR count). The fourth-order valence-corrected chi connectivity index (χ4v) is 2.69. The highest BCUT2D eigenvalue weighted by Crippen LogP contribution is 2.04. The first kappa shape index (κ1) is 30.2. The minimum atomic E-state index is -1.21. The van der Waals surface area contributed by atoms with Crippen LogP contribution in [-0.2, 0) is 24.0 Å². The second kappa shape index (κ2) is 15.9. The number of unbranched alkanes of at least 4 members (excludes halogenated alkanes) is 1.